The lowest BCUT2D eigenvalue weighted by atomic mass is 10.0. The highest BCUT2D eigenvalue weighted by molar-refractivity contribution is 8.00. The molecule has 1 heterocycles. The van der Waals surface area contributed by atoms with Gasteiger partial charge in [0, 0.05) is 29.3 Å². The van der Waals surface area contributed by atoms with Gasteiger partial charge in [-0.05, 0) is 30.4 Å². The van der Waals surface area contributed by atoms with Crippen LogP contribution in [-0.4, -0.2) is 29.5 Å². The van der Waals surface area contributed by atoms with E-state index in [9.17, 15) is 0 Å². The molecule has 2 nitrogen and oxygen atoms in total. The monoisotopic (exact) mass is 265 g/mol. The zero-order valence-corrected chi connectivity index (χ0v) is 12.0. The van der Waals surface area contributed by atoms with Crippen molar-refractivity contribution in [1.29, 1.82) is 0 Å². The average molecular weight is 265 g/mol. The first kappa shape index (κ1) is 13.9. The summed E-state index contributed by atoms with van der Waals surface area (Å²) in [6, 6.07) is 9.12. The number of thioether (sulfide) groups is 1. The van der Waals surface area contributed by atoms with Gasteiger partial charge in [0.15, 0.2) is 0 Å². The summed E-state index contributed by atoms with van der Waals surface area (Å²) in [6.45, 7) is 5.73. The lowest BCUT2D eigenvalue weighted by Crippen LogP contribution is -2.38. The Morgan fingerprint density at radius 1 is 1.39 bits per heavy atom. The maximum atomic E-state index is 9.07. The van der Waals surface area contributed by atoms with E-state index in [0.29, 0.717) is 17.2 Å². The summed E-state index contributed by atoms with van der Waals surface area (Å²) >= 11 is 1.98. The van der Waals surface area contributed by atoms with Crippen LogP contribution in [0.5, 0.6) is 0 Å². The number of aliphatic hydroxyl groups excluding tert-OH is 1. The number of nitrogens with one attached hydrogen (secondary N) is 1. The summed E-state index contributed by atoms with van der Waals surface area (Å²) in [5, 5.41) is 13.3. The maximum Gasteiger partial charge on any atom is 0.0445 e. The van der Waals surface area contributed by atoms with Gasteiger partial charge in [-0.3, -0.25) is 0 Å². The Bertz CT molecular complexity index is 356. The SMILES string of the molecule is CC(C)C(CCO)NCC1Cc2ccccc2S1. The molecule has 100 valence electrons. The van der Waals surface area contributed by atoms with Crippen molar-refractivity contribution in [3.05, 3.63) is 29.8 Å². The fraction of sp³-hybridized carbons (Fsp3) is 0.600. The number of aliphatic hydroxyl groups is 1. The van der Waals surface area contributed by atoms with Crippen LogP contribution in [0.15, 0.2) is 29.2 Å². The standard InChI is InChI=1S/C15H23NOS/c1-11(2)14(7-8-17)16-10-13-9-12-5-3-4-6-15(12)18-13/h3-6,11,13-14,16-17H,7-10H2,1-2H3. The van der Waals surface area contributed by atoms with Gasteiger partial charge in [-0.25, -0.2) is 0 Å². The molecule has 0 fully saturated rings. The molecule has 0 saturated carbocycles. The maximum absolute atomic E-state index is 9.07. The van der Waals surface area contributed by atoms with Gasteiger partial charge in [0.2, 0.25) is 0 Å². The van der Waals surface area contributed by atoms with Gasteiger partial charge >= 0.3 is 0 Å². The van der Waals surface area contributed by atoms with Crippen molar-refractivity contribution >= 4 is 11.8 Å². The molecule has 0 amide bonds. The van der Waals surface area contributed by atoms with Crippen LogP contribution < -0.4 is 5.32 Å². The fourth-order valence-electron chi connectivity index (χ4n) is 2.46. The predicted molar refractivity (Wildman–Crippen MR) is 78.1 cm³/mol. The lowest BCUT2D eigenvalue weighted by molar-refractivity contribution is 0.245. The third-order valence-electron chi connectivity index (χ3n) is 3.57. The molecule has 0 spiro atoms. The zero-order valence-electron chi connectivity index (χ0n) is 11.2. The normalized spacial score (nSPS) is 20.1. The first-order chi connectivity index (χ1) is 8.70. The van der Waals surface area contributed by atoms with Gasteiger partial charge in [-0.1, -0.05) is 32.0 Å². The highest BCUT2D eigenvalue weighted by Crippen LogP contribution is 2.36. The van der Waals surface area contributed by atoms with Gasteiger partial charge in [0.25, 0.3) is 0 Å². The number of hydrogen-bond acceptors (Lipinski definition) is 3. The van der Waals surface area contributed by atoms with Crippen molar-refractivity contribution in [3.8, 4) is 0 Å². The van der Waals surface area contributed by atoms with Gasteiger partial charge in [0.05, 0.1) is 0 Å². The Morgan fingerprint density at radius 3 is 2.83 bits per heavy atom. The minimum Gasteiger partial charge on any atom is -0.396 e. The molecule has 1 aliphatic rings. The van der Waals surface area contributed by atoms with E-state index in [-0.39, 0.29) is 6.61 Å². The van der Waals surface area contributed by atoms with Crippen LogP contribution in [0.3, 0.4) is 0 Å². The van der Waals surface area contributed by atoms with E-state index in [4.69, 9.17) is 5.11 Å². The Kier molecular flexibility index (Phi) is 5.10. The number of hydrogen-bond donors (Lipinski definition) is 2. The van der Waals surface area contributed by atoms with Crippen LogP contribution in [-0.2, 0) is 6.42 Å². The number of rotatable bonds is 6. The molecule has 0 bridgehead atoms. The Balaban J connectivity index is 1.82. The molecule has 0 aliphatic carbocycles. The van der Waals surface area contributed by atoms with E-state index in [1.807, 2.05) is 11.8 Å². The summed E-state index contributed by atoms with van der Waals surface area (Å²) in [6.07, 6.45) is 2.01. The molecule has 1 aromatic carbocycles. The van der Waals surface area contributed by atoms with Crippen LogP contribution in [0.1, 0.15) is 25.8 Å². The van der Waals surface area contributed by atoms with Gasteiger partial charge in [0.1, 0.15) is 0 Å². The molecule has 0 aromatic heterocycles. The highest BCUT2D eigenvalue weighted by atomic mass is 32.2. The van der Waals surface area contributed by atoms with E-state index in [1.54, 1.807) is 0 Å². The van der Waals surface area contributed by atoms with Crippen LogP contribution in [0, 0.1) is 5.92 Å². The first-order valence-electron chi connectivity index (χ1n) is 6.79. The Morgan fingerprint density at radius 2 is 2.17 bits per heavy atom. The molecule has 2 N–H and O–H groups in total. The zero-order chi connectivity index (χ0) is 13.0. The van der Waals surface area contributed by atoms with Gasteiger partial charge in [-0.15, -0.1) is 11.8 Å². The molecule has 18 heavy (non-hydrogen) atoms. The van der Waals surface area contributed by atoms with Crippen molar-refractivity contribution in [2.75, 3.05) is 13.2 Å². The van der Waals surface area contributed by atoms with Crippen molar-refractivity contribution < 1.29 is 5.11 Å². The molecule has 1 aromatic rings. The molecule has 2 unspecified atom stereocenters. The minimum atomic E-state index is 0.272. The summed E-state index contributed by atoms with van der Waals surface area (Å²) in [5.41, 5.74) is 1.48. The molecule has 0 radical (unpaired) electrons. The highest BCUT2D eigenvalue weighted by Gasteiger charge is 2.22. The van der Waals surface area contributed by atoms with Crippen LogP contribution in [0.2, 0.25) is 0 Å². The molecule has 1 aliphatic heterocycles. The topological polar surface area (TPSA) is 32.3 Å². The molecular formula is C15H23NOS. The quantitative estimate of drug-likeness (QED) is 0.829. The van der Waals surface area contributed by atoms with E-state index >= 15 is 0 Å². The second-order valence-electron chi connectivity index (χ2n) is 5.32. The van der Waals surface area contributed by atoms with E-state index in [1.165, 1.54) is 10.5 Å². The summed E-state index contributed by atoms with van der Waals surface area (Å²) in [7, 11) is 0. The average Bonchev–Trinajstić information content (AvgIpc) is 2.76. The smallest absolute Gasteiger partial charge is 0.0445 e. The summed E-state index contributed by atoms with van der Waals surface area (Å²) < 4.78 is 0. The van der Waals surface area contributed by atoms with Crippen molar-refractivity contribution in [3.63, 3.8) is 0 Å². The molecule has 3 heteroatoms. The molecular weight excluding hydrogens is 242 g/mol. The van der Waals surface area contributed by atoms with Crippen molar-refractivity contribution in [1.82, 2.24) is 5.32 Å². The lowest BCUT2D eigenvalue weighted by Gasteiger charge is -2.23. The summed E-state index contributed by atoms with van der Waals surface area (Å²) in [5.74, 6) is 0.575. The van der Waals surface area contributed by atoms with Crippen LogP contribution in [0.4, 0.5) is 0 Å². The second kappa shape index (κ2) is 6.60. The largest absolute Gasteiger partial charge is 0.396 e. The third kappa shape index (κ3) is 3.50. The van der Waals surface area contributed by atoms with Crippen molar-refractivity contribution in [2.45, 2.75) is 42.9 Å². The first-order valence-corrected chi connectivity index (χ1v) is 7.67. The van der Waals surface area contributed by atoms with E-state index < -0.39 is 0 Å². The number of fused-ring (bicyclic) bond motifs is 1. The summed E-state index contributed by atoms with van der Waals surface area (Å²) in [4.78, 5) is 1.44. The van der Waals surface area contributed by atoms with E-state index in [2.05, 4.69) is 43.4 Å². The van der Waals surface area contributed by atoms with Crippen LogP contribution in [0.25, 0.3) is 0 Å². The van der Waals surface area contributed by atoms with Gasteiger partial charge < -0.3 is 10.4 Å². The van der Waals surface area contributed by atoms with Gasteiger partial charge in [-0.2, -0.15) is 0 Å². The number of benzene rings is 1. The Hall–Kier alpha value is -0.510. The van der Waals surface area contributed by atoms with E-state index in [0.717, 1.165) is 19.4 Å². The molecule has 0 saturated heterocycles. The van der Waals surface area contributed by atoms with Crippen molar-refractivity contribution in [2.24, 2.45) is 5.92 Å². The Labute approximate surface area is 114 Å². The minimum absolute atomic E-state index is 0.272. The second-order valence-corrected chi connectivity index (χ2v) is 6.66. The molecule has 2 rings (SSSR count). The third-order valence-corrected chi connectivity index (χ3v) is 4.89. The molecule has 2 atom stereocenters. The van der Waals surface area contributed by atoms with Crippen LogP contribution >= 0.6 is 11.8 Å². The predicted octanol–water partition coefficient (Wildman–Crippen LogP) is 2.70. The fourth-order valence-corrected chi connectivity index (χ4v) is 3.72.